The van der Waals surface area contributed by atoms with Crippen molar-refractivity contribution in [3.63, 3.8) is 0 Å². The number of aliphatic hydroxyl groups excluding tert-OH is 1. The minimum atomic E-state index is 0.281. The molecule has 0 unspecified atom stereocenters. The van der Waals surface area contributed by atoms with Gasteiger partial charge in [0.25, 0.3) is 0 Å². The Morgan fingerprint density at radius 2 is 2.20 bits per heavy atom. The summed E-state index contributed by atoms with van der Waals surface area (Å²) in [5.74, 6) is 0. The van der Waals surface area contributed by atoms with Crippen molar-refractivity contribution in [2.75, 3.05) is 6.61 Å². The molecule has 0 aromatic carbocycles. The van der Waals surface area contributed by atoms with Gasteiger partial charge in [-0.15, -0.1) is 0 Å². The maximum Gasteiger partial charge on any atom is 0.0872 e. The molecule has 1 N–H and O–H groups in total. The Bertz CT molecular complexity index is 11.1. The average Bonchev–Trinajstić information content (AvgIpc) is 1.41. The number of unbranched alkanes of at least 4 members (excludes halogenated alkanes) is 1. The fourth-order valence-corrected chi connectivity index (χ4v) is 0.112. The van der Waals surface area contributed by atoms with E-state index in [0.29, 0.717) is 0 Å². The van der Waals surface area contributed by atoms with Crippen LogP contribution in [0.4, 0.5) is 0 Å². The van der Waals surface area contributed by atoms with Gasteiger partial charge in [-0.3, -0.25) is 0 Å². The topological polar surface area (TPSA) is 20.2 Å². The third-order valence-corrected chi connectivity index (χ3v) is 0.408. The van der Waals surface area contributed by atoms with E-state index in [1.807, 2.05) is 0 Å². The van der Waals surface area contributed by atoms with Gasteiger partial charge in [0.2, 0.25) is 0 Å². The summed E-state index contributed by atoms with van der Waals surface area (Å²) in [7, 11) is 0. The third-order valence-electron chi connectivity index (χ3n) is 0.408. The lowest BCUT2D eigenvalue weighted by Gasteiger charge is -1.74. The summed E-state index contributed by atoms with van der Waals surface area (Å²) in [6.07, 6.45) is 1.68. The van der Waals surface area contributed by atoms with Crippen LogP contribution in [-0.4, -0.2) is 11.7 Å². The Morgan fingerprint density at radius 3 is 2.20 bits per heavy atom. The van der Waals surface area contributed by atoms with Crippen LogP contribution in [0.2, 0.25) is 0 Å². The molecule has 0 rings (SSSR count). The maximum atomic E-state index is 8.03. The minimum Gasteiger partial charge on any atom is -0.396 e. The molecule has 0 aromatic rings. The highest BCUT2D eigenvalue weighted by Gasteiger charge is 1.75. The number of hydrogen-bond donors (Lipinski definition) is 1. The van der Waals surface area contributed by atoms with Crippen molar-refractivity contribution in [2.45, 2.75) is 12.8 Å². The fourth-order valence-electron chi connectivity index (χ4n) is 0.112. The molecule has 0 atom stereocenters. The van der Waals surface area contributed by atoms with Crippen LogP contribution in [0.1, 0.15) is 12.8 Å². The predicted molar refractivity (Wildman–Crippen MR) is 21.7 cm³/mol. The standard InChI is InChI=1S/C4H9O/c1-2-3-4-5/h5H,1-4H2/q+1. The van der Waals surface area contributed by atoms with Crippen molar-refractivity contribution < 1.29 is 5.11 Å². The normalized spacial score (nSPS) is 8.20. The van der Waals surface area contributed by atoms with Gasteiger partial charge >= 0.3 is 0 Å². The third kappa shape index (κ3) is 3.83. The van der Waals surface area contributed by atoms with Gasteiger partial charge in [0.1, 0.15) is 0 Å². The van der Waals surface area contributed by atoms with Crippen LogP contribution in [0.25, 0.3) is 0 Å². The molecule has 5 heavy (non-hydrogen) atoms. The van der Waals surface area contributed by atoms with Crippen LogP contribution in [-0.2, 0) is 0 Å². The molecular formula is C4H9O+. The molecular weight excluding hydrogens is 64.0 g/mol. The Hall–Kier alpha value is -0.170. The summed E-state index contributed by atoms with van der Waals surface area (Å²) < 4.78 is 0. The molecule has 1 nitrogen and oxygen atoms in total. The highest BCUT2D eigenvalue weighted by molar-refractivity contribution is 4.34. The summed E-state index contributed by atoms with van der Waals surface area (Å²) in [4.78, 5) is 0. The first kappa shape index (κ1) is 4.83. The van der Waals surface area contributed by atoms with Crippen LogP contribution in [0.3, 0.4) is 0 Å². The van der Waals surface area contributed by atoms with Crippen molar-refractivity contribution in [3.8, 4) is 0 Å². The SMILES string of the molecule is [CH2+]CCCO. The van der Waals surface area contributed by atoms with E-state index in [2.05, 4.69) is 6.92 Å². The highest BCUT2D eigenvalue weighted by Crippen LogP contribution is 1.78. The second kappa shape index (κ2) is 3.83. The second-order valence-corrected chi connectivity index (χ2v) is 0.931. The van der Waals surface area contributed by atoms with Gasteiger partial charge in [-0.25, -0.2) is 0 Å². The van der Waals surface area contributed by atoms with Crippen molar-refractivity contribution in [3.05, 3.63) is 6.92 Å². The molecule has 0 fully saturated rings. The zero-order chi connectivity index (χ0) is 4.12. The Kier molecular flexibility index (Phi) is 3.70. The predicted octanol–water partition coefficient (Wildman–Crippen LogP) is 0.593. The lowest BCUT2D eigenvalue weighted by Crippen LogP contribution is -1.75. The van der Waals surface area contributed by atoms with E-state index in [1.54, 1.807) is 0 Å². The van der Waals surface area contributed by atoms with Crippen molar-refractivity contribution >= 4 is 0 Å². The van der Waals surface area contributed by atoms with Crippen molar-refractivity contribution in [1.82, 2.24) is 0 Å². The Balaban J connectivity index is 2.19. The van der Waals surface area contributed by atoms with E-state index in [-0.39, 0.29) is 6.61 Å². The minimum absolute atomic E-state index is 0.281. The molecule has 0 amide bonds. The van der Waals surface area contributed by atoms with E-state index in [1.165, 1.54) is 0 Å². The van der Waals surface area contributed by atoms with E-state index < -0.39 is 0 Å². The zero-order valence-electron chi connectivity index (χ0n) is 3.28. The van der Waals surface area contributed by atoms with Crippen molar-refractivity contribution in [1.29, 1.82) is 0 Å². The van der Waals surface area contributed by atoms with Crippen LogP contribution >= 0.6 is 0 Å². The summed E-state index contributed by atoms with van der Waals surface area (Å²) in [6.45, 7) is 3.80. The van der Waals surface area contributed by atoms with Gasteiger partial charge in [-0.05, 0) is 0 Å². The van der Waals surface area contributed by atoms with Crippen LogP contribution in [0.15, 0.2) is 0 Å². The largest absolute Gasteiger partial charge is 0.396 e. The van der Waals surface area contributed by atoms with Crippen LogP contribution in [0, 0.1) is 6.92 Å². The smallest absolute Gasteiger partial charge is 0.0872 e. The first-order valence-corrected chi connectivity index (χ1v) is 1.82. The first-order valence-electron chi connectivity index (χ1n) is 1.82. The van der Waals surface area contributed by atoms with E-state index in [0.717, 1.165) is 12.8 Å². The van der Waals surface area contributed by atoms with Crippen LogP contribution in [0.5, 0.6) is 0 Å². The highest BCUT2D eigenvalue weighted by atomic mass is 16.2. The lowest BCUT2D eigenvalue weighted by molar-refractivity contribution is 0.289. The molecule has 0 spiro atoms. The molecule has 30 valence electrons. The van der Waals surface area contributed by atoms with Crippen molar-refractivity contribution in [2.24, 2.45) is 0 Å². The molecule has 0 radical (unpaired) electrons. The van der Waals surface area contributed by atoms with E-state index in [4.69, 9.17) is 5.11 Å². The molecule has 0 heterocycles. The van der Waals surface area contributed by atoms with Gasteiger partial charge in [0, 0.05) is 13.0 Å². The van der Waals surface area contributed by atoms with Gasteiger partial charge in [-0.1, -0.05) is 0 Å². The summed E-state index contributed by atoms with van der Waals surface area (Å²) in [5, 5.41) is 8.03. The quantitative estimate of drug-likeness (QED) is 0.474. The molecule has 0 saturated carbocycles. The lowest BCUT2D eigenvalue weighted by atomic mass is 10.4. The fraction of sp³-hybridized carbons (Fsp3) is 0.750. The number of hydrogen-bond acceptors (Lipinski definition) is 1. The molecule has 0 aliphatic carbocycles. The first-order chi connectivity index (χ1) is 2.41. The zero-order valence-corrected chi connectivity index (χ0v) is 3.28. The summed E-state index contributed by atoms with van der Waals surface area (Å²) >= 11 is 0. The summed E-state index contributed by atoms with van der Waals surface area (Å²) in [5.41, 5.74) is 0. The van der Waals surface area contributed by atoms with Gasteiger partial charge in [0.15, 0.2) is 0 Å². The molecule has 0 aliphatic heterocycles. The Labute approximate surface area is 32.6 Å². The van der Waals surface area contributed by atoms with E-state index >= 15 is 0 Å². The van der Waals surface area contributed by atoms with Crippen LogP contribution < -0.4 is 0 Å². The molecule has 0 aromatic heterocycles. The molecule has 0 saturated heterocycles. The monoisotopic (exact) mass is 73.1 g/mol. The van der Waals surface area contributed by atoms with Gasteiger partial charge in [0.05, 0.1) is 13.3 Å². The number of rotatable bonds is 2. The molecule has 0 bridgehead atoms. The number of aliphatic hydroxyl groups is 1. The Morgan fingerprint density at radius 1 is 1.60 bits per heavy atom. The van der Waals surface area contributed by atoms with E-state index in [9.17, 15) is 0 Å². The molecule has 1 heteroatoms. The van der Waals surface area contributed by atoms with Gasteiger partial charge < -0.3 is 5.11 Å². The average molecular weight is 73.1 g/mol. The maximum absolute atomic E-state index is 8.03. The van der Waals surface area contributed by atoms with Gasteiger partial charge in [-0.2, -0.15) is 0 Å². The summed E-state index contributed by atoms with van der Waals surface area (Å²) in [6, 6.07) is 0. The molecule has 0 aliphatic rings. The second-order valence-electron chi connectivity index (χ2n) is 0.931.